The highest BCUT2D eigenvalue weighted by Gasteiger charge is 2.49. The zero-order valence-electron chi connectivity index (χ0n) is 20.8. The molecule has 0 bridgehead atoms. The highest BCUT2D eigenvalue weighted by molar-refractivity contribution is 5.88. The fraction of sp³-hybridized carbons (Fsp3) is 0.692. The number of hydrogen-bond donors (Lipinski definition) is 1. The van der Waals surface area contributed by atoms with Gasteiger partial charge in [-0.2, -0.15) is 5.26 Å². The van der Waals surface area contributed by atoms with Gasteiger partial charge in [-0.15, -0.1) is 0 Å². The number of carbonyl (C=O) groups excluding carboxylic acids is 1. The van der Waals surface area contributed by atoms with Gasteiger partial charge in [0.1, 0.15) is 11.9 Å². The Morgan fingerprint density at radius 3 is 2.69 bits per heavy atom. The van der Waals surface area contributed by atoms with Gasteiger partial charge in [0.05, 0.1) is 44.0 Å². The zero-order valence-corrected chi connectivity index (χ0v) is 20.8. The molecule has 0 spiro atoms. The number of fused-ring (bicyclic) bond motifs is 1. The maximum Gasteiger partial charge on any atom is 0.331 e. The number of piperazine rings is 1. The lowest BCUT2D eigenvalue weighted by Gasteiger charge is -2.48. The van der Waals surface area contributed by atoms with Crippen LogP contribution in [0.1, 0.15) is 80.2 Å². The van der Waals surface area contributed by atoms with E-state index < -0.39 is 11.5 Å². The summed E-state index contributed by atoms with van der Waals surface area (Å²) in [5.74, 6) is -0.364. The predicted octanol–water partition coefficient (Wildman–Crippen LogP) is 2.99. The Morgan fingerprint density at radius 1 is 1.26 bits per heavy atom. The zero-order chi connectivity index (χ0) is 25.0. The van der Waals surface area contributed by atoms with Gasteiger partial charge >= 0.3 is 5.97 Å². The highest BCUT2D eigenvalue weighted by atomic mass is 16.5. The minimum absolute atomic E-state index is 0.0959. The average Bonchev–Trinajstić information content (AvgIpc) is 2.90. The van der Waals surface area contributed by atoms with E-state index in [-0.39, 0.29) is 38.4 Å². The molecule has 1 unspecified atom stereocenters. The van der Waals surface area contributed by atoms with Crippen LogP contribution >= 0.6 is 0 Å². The van der Waals surface area contributed by atoms with Crippen molar-refractivity contribution in [2.24, 2.45) is 0 Å². The summed E-state index contributed by atoms with van der Waals surface area (Å²) in [6.45, 7) is 3.85. The molecule has 1 aromatic heterocycles. The maximum absolute atomic E-state index is 12.9. The van der Waals surface area contributed by atoms with Crippen molar-refractivity contribution in [1.29, 1.82) is 5.26 Å². The Labute approximate surface area is 207 Å². The number of rotatable bonds is 7. The molecule has 1 atom stereocenters. The number of nitrogens with zero attached hydrogens (tertiary/aromatic N) is 4. The van der Waals surface area contributed by atoms with Gasteiger partial charge in [-0.1, -0.05) is 26.2 Å². The Hall–Kier alpha value is -2.70. The van der Waals surface area contributed by atoms with E-state index in [0.717, 1.165) is 42.5 Å². The number of carboxylic acid groups (broad SMARTS) is 1. The third kappa shape index (κ3) is 4.74. The molecule has 190 valence electrons. The van der Waals surface area contributed by atoms with Crippen molar-refractivity contribution < 1.29 is 24.2 Å². The Morgan fingerprint density at radius 2 is 2.03 bits per heavy atom. The fourth-order valence-electron chi connectivity index (χ4n) is 5.94. The van der Waals surface area contributed by atoms with Crippen LogP contribution in [0.15, 0.2) is 0 Å². The van der Waals surface area contributed by atoms with Crippen LogP contribution in [0.2, 0.25) is 0 Å². The average molecular weight is 485 g/mol. The van der Waals surface area contributed by atoms with Crippen LogP contribution in [0.4, 0.5) is 5.82 Å². The molecule has 1 amide bonds. The molecule has 35 heavy (non-hydrogen) atoms. The summed E-state index contributed by atoms with van der Waals surface area (Å²) < 4.78 is 10.8. The molecule has 1 saturated carbocycles. The second-order valence-electron chi connectivity index (χ2n) is 9.80. The van der Waals surface area contributed by atoms with Crippen molar-refractivity contribution >= 4 is 17.7 Å². The molecular weight excluding hydrogens is 448 g/mol. The second-order valence-corrected chi connectivity index (χ2v) is 9.80. The lowest BCUT2D eigenvalue weighted by Crippen LogP contribution is -2.68. The van der Waals surface area contributed by atoms with Crippen molar-refractivity contribution in [2.45, 2.75) is 76.4 Å². The standard InChI is InChI=1S/C26H36N4O5/c1-3-26(25(32)33)17-29(11-12-30(26)22(31)10-13-34-2)24-20(15-27)19-9-14-35-16-21(19)23(28-24)18-7-5-4-6-8-18/h18H,3-14,16-17H2,1-2H3,(H,32,33). The lowest BCUT2D eigenvalue weighted by atomic mass is 9.82. The van der Waals surface area contributed by atoms with Crippen LogP contribution in [0.3, 0.4) is 0 Å². The van der Waals surface area contributed by atoms with E-state index in [2.05, 4.69) is 6.07 Å². The van der Waals surface area contributed by atoms with Gasteiger partial charge in [0.2, 0.25) is 5.91 Å². The number of hydrogen-bond acceptors (Lipinski definition) is 7. The third-order valence-electron chi connectivity index (χ3n) is 7.94. The van der Waals surface area contributed by atoms with E-state index in [0.29, 0.717) is 43.5 Å². The molecule has 1 aliphatic carbocycles. The predicted molar refractivity (Wildman–Crippen MR) is 129 cm³/mol. The molecule has 1 saturated heterocycles. The summed E-state index contributed by atoms with van der Waals surface area (Å²) in [4.78, 5) is 34.1. The van der Waals surface area contributed by atoms with Crippen molar-refractivity contribution in [3.63, 3.8) is 0 Å². The number of pyridine rings is 1. The molecule has 2 fully saturated rings. The molecule has 3 aliphatic rings. The van der Waals surface area contributed by atoms with Gasteiger partial charge in [0, 0.05) is 31.7 Å². The molecule has 0 aromatic carbocycles. The Bertz CT molecular complexity index is 1000. The molecule has 3 heterocycles. The summed E-state index contributed by atoms with van der Waals surface area (Å²) in [5, 5.41) is 20.5. The number of methoxy groups -OCH3 is 1. The minimum Gasteiger partial charge on any atom is -0.479 e. The van der Waals surface area contributed by atoms with Gasteiger partial charge in [0.25, 0.3) is 0 Å². The Balaban J connectivity index is 1.75. The van der Waals surface area contributed by atoms with Crippen LogP contribution in [0.5, 0.6) is 0 Å². The van der Waals surface area contributed by atoms with Gasteiger partial charge < -0.3 is 24.4 Å². The first-order chi connectivity index (χ1) is 17.0. The van der Waals surface area contributed by atoms with Gasteiger partial charge in [-0.05, 0) is 31.2 Å². The Kier molecular flexibility index (Phi) is 7.92. The molecule has 2 aliphatic heterocycles. The molecule has 0 radical (unpaired) electrons. The first-order valence-electron chi connectivity index (χ1n) is 12.8. The largest absolute Gasteiger partial charge is 0.479 e. The van der Waals surface area contributed by atoms with Crippen LogP contribution < -0.4 is 4.90 Å². The summed E-state index contributed by atoms with van der Waals surface area (Å²) in [5.41, 5.74) is 2.21. The number of carbonyl (C=O) groups is 2. The smallest absolute Gasteiger partial charge is 0.331 e. The van der Waals surface area contributed by atoms with E-state index in [1.807, 2.05) is 4.90 Å². The molecule has 9 heteroatoms. The van der Waals surface area contributed by atoms with Crippen molar-refractivity contribution in [1.82, 2.24) is 9.88 Å². The minimum atomic E-state index is -1.39. The third-order valence-corrected chi connectivity index (χ3v) is 7.94. The SMILES string of the molecule is CCC1(C(=O)O)CN(c2nc(C3CCCCC3)c3c(c2C#N)CCOC3)CCN1C(=O)CCOC. The van der Waals surface area contributed by atoms with Crippen LogP contribution in [0, 0.1) is 11.3 Å². The topological polar surface area (TPSA) is 116 Å². The number of aromatic nitrogens is 1. The summed E-state index contributed by atoms with van der Waals surface area (Å²) in [6, 6.07) is 2.38. The van der Waals surface area contributed by atoms with E-state index in [4.69, 9.17) is 14.5 Å². The molecular formula is C26H36N4O5. The molecule has 4 rings (SSSR count). The van der Waals surface area contributed by atoms with Crippen LogP contribution in [-0.4, -0.2) is 72.4 Å². The normalized spacial score (nSPS) is 23.0. The van der Waals surface area contributed by atoms with Crippen molar-refractivity contribution in [2.75, 3.05) is 44.9 Å². The second kappa shape index (κ2) is 10.9. The number of carboxylic acids is 1. The van der Waals surface area contributed by atoms with E-state index in [1.54, 1.807) is 6.92 Å². The van der Waals surface area contributed by atoms with Crippen LogP contribution in [-0.2, 0) is 32.1 Å². The van der Waals surface area contributed by atoms with E-state index >= 15 is 0 Å². The lowest BCUT2D eigenvalue weighted by molar-refractivity contribution is -0.161. The number of amides is 1. The van der Waals surface area contributed by atoms with Gasteiger partial charge in [0.15, 0.2) is 5.54 Å². The monoisotopic (exact) mass is 484 g/mol. The van der Waals surface area contributed by atoms with Crippen LogP contribution in [0.25, 0.3) is 0 Å². The van der Waals surface area contributed by atoms with E-state index in [1.165, 1.54) is 18.4 Å². The molecule has 9 nitrogen and oxygen atoms in total. The fourth-order valence-corrected chi connectivity index (χ4v) is 5.94. The van der Waals surface area contributed by atoms with Gasteiger partial charge in [-0.25, -0.2) is 9.78 Å². The van der Waals surface area contributed by atoms with Crippen molar-refractivity contribution in [3.05, 3.63) is 22.4 Å². The summed E-state index contributed by atoms with van der Waals surface area (Å²) >= 11 is 0. The number of anilines is 1. The van der Waals surface area contributed by atoms with Gasteiger partial charge in [-0.3, -0.25) is 4.79 Å². The van der Waals surface area contributed by atoms with Crippen molar-refractivity contribution in [3.8, 4) is 6.07 Å². The summed E-state index contributed by atoms with van der Waals surface area (Å²) in [7, 11) is 1.52. The molecule has 1 aromatic rings. The first-order valence-corrected chi connectivity index (χ1v) is 12.8. The number of ether oxygens (including phenoxy) is 2. The number of nitriles is 1. The highest BCUT2D eigenvalue weighted by Crippen LogP contribution is 2.40. The quantitative estimate of drug-likeness (QED) is 0.628. The number of aliphatic carboxylic acids is 1. The first kappa shape index (κ1) is 25.4. The molecule has 1 N–H and O–H groups in total. The van der Waals surface area contributed by atoms with E-state index in [9.17, 15) is 20.0 Å². The maximum atomic E-state index is 12.9. The summed E-state index contributed by atoms with van der Waals surface area (Å²) in [6.07, 6.45) is 6.75.